The van der Waals surface area contributed by atoms with Gasteiger partial charge in [-0.15, -0.1) is 12.4 Å². The number of amides is 1. The van der Waals surface area contributed by atoms with E-state index in [0.29, 0.717) is 5.91 Å². The van der Waals surface area contributed by atoms with Crippen LogP contribution in [-0.4, -0.2) is 30.4 Å². The van der Waals surface area contributed by atoms with Crippen molar-refractivity contribution in [2.45, 2.75) is 39.2 Å². The van der Waals surface area contributed by atoms with Gasteiger partial charge < -0.3 is 10.2 Å². The van der Waals surface area contributed by atoms with Gasteiger partial charge >= 0.3 is 0 Å². The van der Waals surface area contributed by atoms with Gasteiger partial charge in [0.15, 0.2) is 0 Å². The van der Waals surface area contributed by atoms with Crippen molar-refractivity contribution >= 4 is 18.3 Å². The van der Waals surface area contributed by atoms with Gasteiger partial charge in [-0.3, -0.25) is 4.79 Å². The lowest BCUT2D eigenvalue weighted by Gasteiger charge is -2.44. The lowest BCUT2D eigenvalue weighted by molar-refractivity contribution is -0.148. The van der Waals surface area contributed by atoms with E-state index in [1.165, 1.54) is 11.1 Å². The minimum Gasteiger partial charge on any atom is -0.338 e. The normalized spacial score (nSPS) is 25.8. The van der Waals surface area contributed by atoms with Crippen molar-refractivity contribution in [2.75, 3.05) is 19.6 Å². The molecule has 1 atom stereocenters. The topological polar surface area (TPSA) is 32.3 Å². The molecule has 2 saturated heterocycles. The summed E-state index contributed by atoms with van der Waals surface area (Å²) in [6.07, 6.45) is 4.38. The van der Waals surface area contributed by atoms with Crippen LogP contribution in [0.4, 0.5) is 0 Å². The molecule has 0 saturated carbocycles. The minimum atomic E-state index is -0.112. The maximum absolute atomic E-state index is 12.9. The monoisotopic (exact) mass is 308 g/mol. The summed E-state index contributed by atoms with van der Waals surface area (Å²) in [5.41, 5.74) is 2.45. The van der Waals surface area contributed by atoms with Crippen LogP contribution in [-0.2, 0) is 11.3 Å². The minimum absolute atomic E-state index is 0. The first-order chi connectivity index (χ1) is 9.71. The first-order valence-corrected chi connectivity index (χ1v) is 7.76. The summed E-state index contributed by atoms with van der Waals surface area (Å²) in [6, 6.07) is 8.39. The number of nitrogens with one attached hydrogen (secondary N) is 1. The number of rotatable bonds is 2. The van der Waals surface area contributed by atoms with E-state index in [1.807, 2.05) is 0 Å². The van der Waals surface area contributed by atoms with Crippen molar-refractivity contribution in [1.29, 1.82) is 0 Å². The van der Waals surface area contributed by atoms with Crippen molar-refractivity contribution in [3.05, 3.63) is 35.4 Å². The fraction of sp³-hybridized carbons (Fsp3) is 0.588. The van der Waals surface area contributed by atoms with E-state index in [2.05, 4.69) is 41.4 Å². The zero-order valence-electron chi connectivity index (χ0n) is 12.7. The zero-order valence-corrected chi connectivity index (χ0v) is 13.5. The van der Waals surface area contributed by atoms with Gasteiger partial charge in [-0.2, -0.15) is 0 Å². The molecular weight excluding hydrogens is 284 g/mol. The van der Waals surface area contributed by atoms with Crippen molar-refractivity contribution in [3.63, 3.8) is 0 Å². The van der Waals surface area contributed by atoms with Gasteiger partial charge in [0.2, 0.25) is 5.91 Å². The number of carbonyl (C=O) groups is 1. The Morgan fingerprint density at radius 3 is 2.71 bits per heavy atom. The van der Waals surface area contributed by atoms with Gasteiger partial charge in [0.1, 0.15) is 0 Å². The fourth-order valence-electron chi connectivity index (χ4n) is 3.66. The second-order valence-electron chi connectivity index (χ2n) is 6.32. The van der Waals surface area contributed by atoms with E-state index in [9.17, 15) is 4.79 Å². The molecular formula is C17H25ClN2O. The highest BCUT2D eigenvalue weighted by atomic mass is 35.5. The average Bonchev–Trinajstić information content (AvgIpc) is 2.47. The van der Waals surface area contributed by atoms with E-state index in [1.54, 1.807) is 0 Å². The molecule has 1 aromatic rings. The van der Waals surface area contributed by atoms with E-state index in [4.69, 9.17) is 0 Å². The van der Waals surface area contributed by atoms with Crippen molar-refractivity contribution in [3.8, 4) is 0 Å². The number of likely N-dealkylation sites (tertiary alicyclic amines) is 1. The van der Waals surface area contributed by atoms with Gasteiger partial charge in [0.05, 0.1) is 5.41 Å². The molecule has 1 amide bonds. The molecule has 2 heterocycles. The van der Waals surface area contributed by atoms with Crippen LogP contribution in [0.25, 0.3) is 0 Å². The number of aryl methyl sites for hydroxylation is 1. The average molecular weight is 309 g/mol. The highest BCUT2D eigenvalue weighted by Gasteiger charge is 2.44. The number of benzene rings is 1. The Morgan fingerprint density at radius 1 is 1.24 bits per heavy atom. The molecule has 2 fully saturated rings. The molecule has 2 aliphatic rings. The Morgan fingerprint density at radius 2 is 2.00 bits per heavy atom. The van der Waals surface area contributed by atoms with Crippen LogP contribution >= 0.6 is 12.4 Å². The molecule has 21 heavy (non-hydrogen) atoms. The molecule has 116 valence electrons. The fourth-order valence-corrected chi connectivity index (χ4v) is 3.66. The van der Waals surface area contributed by atoms with Gasteiger partial charge in [-0.05, 0) is 50.3 Å². The Balaban J connectivity index is 0.00000161. The number of hydrogen-bond acceptors (Lipinski definition) is 2. The molecule has 0 aliphatic carbocycles. The quantitative estimate of drug-likeness (QED) is 0.911. The molecule has 2 aliphatic heterocycles. The van der Waals surface area contributed by atoms with Crippen molar-refractivity contribution in [2.24, 2.45) is 5.41 Å². The van der Waals surface area contributed by atoms with E-state index < -0.39 is 0 Å². The third kappa shape index (κ3) is 3.24. The number of hydrogen-bond donors (Lipinski definition) is 1. The summed E-state index contributed by atoms with van der Waals surface area (Å²) in [6.45, 7) is 5.74. The van der Waals surface area contributed by atoms with E-state index >= 15 is 0 Å². The second-order valence-corrected chi connectivity index (χ2v) is 6.32. The third-order valence-electron chi connectivity index (χ3n) is 4.92. The molecule has 1 aromatic carbocycles. The number of nitrogens with zero attached hydrogens (tertiary/aromatic N) is 1. The van der Waals surface area contributed by atoms with E-state index in [0.717, 1.165) is 51.9 Å². The molecule has 4 heteroatoms. The summed E-state index contributed by atoms with van der Waals surface area (Å²) in [5.74, 6) is 0.374. The number of halogens is 1. The van der Waals surface area contributed by atoms with Gasteiger partial charge in [-0.1, -0.05) is 24.3 Å². The number of piperidine rings is 2. The maximum atomic E-state index is 12.9. The van der Waals surface area contributed by atoms with Crippen LogP contribution in [0.3, 0.4) is 0 Å². The summed E-state index contributed by atoms with van der Waals surface area (Å²) in [5, 5.41) is 3.42. The Bertz CT molecular complexity index is 492. The van der Waals surface area contributed by atoms with Gasteiger partial charge in [0, 0.05) is 19.6 Å². The van der Waals surface area contributed by atoms with Crippen LogP contribution in [0, 0.1) is 12.3 Å². The van der Waals surface area contributed by atoms with E-state index in [-0.39, 0.29) is 17.8 Å². The molecule has 1 spiro atoms. The van der Waals surface area contributed by atoms with Gasteiger partial charge in [-0.25, -0.2) is 0 Å². The van der Waals surface area contributed by atoms with Crippen molar-refractivity contribution in [1.82, 2.24) is 10.2 Å². The van der Waals surface area contributed by atoms with Crippen LogP contribution < -0.4 is 5.32 Å². The largest absolute Gasteiger partial charge is 0.338 e. The standard InChI is InChI=1S/C17H24N2O.ClH/c1-14-6-2-3-7-15(14)12-19-11-5-9-17(16(19)20)8-4-10-18-13-17;/h2-3,6-7,18H,4-5,8-13H2,1H3;1H. The lowest BCUT2D eigenvalue weighted by Crippen LogP contribution is -2.54. The SMILES string of the molecule is Cc1ccccc1CN1CCCC2(CCCNC2)C1=O.Cl. The van der Waals surface area contributed by atoms with Gasteiger partial charge in [0.25, 0.3) is 0 Å². The summed E-state index contributed by atoms with van der Waals surface area (Å²) < 4.78 is 0. The summed E-state index contributed by atoms with van der Waals surface area (Å²) >= 11 is 0. The van der Waals surface area contributed by atoms with Crippen LogP contribution in [0.1, 0.15) is 36.8 Å². The smallest absolute Gasteiger partial charge is 0.230 e. The van der Waals surface area contributed by atoms with Crippen molar-refractivity contribution < 1.29 is 4.79 Å². The summed E-state index contributed by atoms with van der Waals surface area (Å²) in [7, 11) is 0. The zero-order chi connectivity index (χ0) is 14.0. The highest BCUT2D eigenvalue weighted by molar-refractivity contribution is 5.85. The Hall–Kier alpha value is -1.06. The Kier molecular flexibility index (Phi) is 5.28. The molecule has 0 radical (unpaired) electrons. The molecule has 3 rings (SSSR count). The molecule has 1 unspecified atom stereocenters. The molecule has 0 aromatic heterocycles. The predicted molar refractivity (Wildman–Crippen MR) is 87.6 cm³/mol. The highest BCUT2D eigenvalue weighted by Crippen LogP contribution is 2.37. The number of carbonyl (C=O) groups excluding carboxylic acids is 1. The first kappa shape index (κ1) is 16.3. The predicted octanol–water partition coefficient (Wildman–Crippen LogP) is 2.91. The van der Waals surface area contributed by atoms with Crippen LogP contribution in [0.5, 0.6) is 0 Å². The Labute approximate surface area is 133 Å². The second kappa shape index (κ2) is 6.80. The maximum Gasteiger partial charge on any atom is 0.230 e. The molecule has 3 nitrogen and oxygen atoms in total. The summed E-state index contributed by atoms with van der Waals surface area (Å²) in [4.78, 5) is 15.0. The molecule has 1 N–H and O–H groups in total. The first-order valence-electron chi connectivity index (χ1n) is 7.76. The lowest BCUT2D eigenvalue weighted by atomic mass is 9.73. The third-order valence-corrected chi connectivity index (χ3v) is 4.92. The van der Waals surface area contributed by atoms with Crippen LogP contribution in [0.2, 0.25) is 0 Å². The van der Waals surface area contributed by atoms with Crippen LogP contribution in [0.15, 0.2) is 24.3 Å². The molecule has 0 bridgehead atoms.